The van der Waals surface area contributed by atoms with Gasteiger partial charge in [0.05, 0.1) is 19.3 Å². The van der Waals surface area contributed by atoms with Crippen molar-refractivity contribution in [1.82, 2.24) is 4.90 Å². The van der Waals surface area contributed by atoms with Crippen molar-refractivity contribution in [3.63, 3.8) is 0 Å². The predicted molar refractivity (Wildman–Crippen MR) is 53.5 cm³/mol. The number of carbonyl (C=O) groups excluding carboxylic acids is 1. The van der Waals surface area contributed by atoms with E-state index in [1.165, 1.54) is 4.90 Å². The van der Waals surface area contributed by atoms with E-state index in [1.807, 2.05) is 0 Å². The highest BCUT2D eigenvalue weighted by Crippen LogP contribution is 2.20. The second-order valence-electron chi connectivity index (χ2n) is 3.88. The zero-order valence-electron chi connectivity index (χ0n) is 9.63. The minimum absolute atomic E-state index is 0.196. The van der Waals surface area contributed by atoms with E-state index in [-0.39, 0.29) is 25.9 Å². The number of likely N-dealkylation sites (tertiary alicyclic amines) is 1. The van der Waals surface area contributed by atoms with E-state index in [0.29, 0.717) is 13.0 Å². The third-order valence-corrected chi connectivity index (χ3v) is 2.37. The van der Waals surface area contributed by atoms with Gasteiger partial charge in [0.2, 0.25) is 0 Å². The first-order chi connectivity index (χ1) is 7.90. The molecule has 7 heteroatoms. The molecule has 0 N–H and O–H groups in total. The summed E-state index contributed by atoms with van der Waals surface area (Å²) in [6, 6.07) is 0. The van der Waals surface area contributed by atoms with Crippen molar-refractivity contribution in [1.29, 1.82) is 0 Å². The van der Waals surface area contributed by atoms with Crippen molar-refractivity contribution in [2.75, 3.05) is 32.8 Å². The van der Waals surface area contributed by atoms with Crippen molar-refractivity contribution in [3.8, 4) is 0 Å². The van der Waals surface area contributed by atoms with Crippen LogP contribution in [0.25, 0.3) is 0 Å². The van der Waals surface area contributed by atoms with Crippen LogP contribution in [0.15, 0.2) is 0 Å². The molecule has 1 fully saturated rings. The summed E-state index contributed by atoms with van der Waals surface area (Å²) in [5.41, 5.74) is 0. The van der Waals surface area contributed by atoms with Crippen LogP contribution in [0.2, 0.25) is 0 Å². The molecule has 1 saturated heterocycles. The van der Waals surface area contributed by atoms with Crippen LogP contribution >= 0.6 is 0 Å². The lowest BCUT2D eigenvalue weighted by Gasteiger charge is -2.17. The van der Waals surface area contributed by atoms with Crippen LogP contribution < -0.4 is 0 Å². The first-order valence-electron chi connectivity index (χ1n) is 5.47. The van der Waals surface area contributed by atoms with Crippen LogP contribution in [0.5, 0.6) is 0 Å². The molecule has 1 aliphatic heterocycles. The van der Waals surface area contributed by atoms with E-state index in [0.717, 1.165) is 0 Å². The fourth-order valence-corrected chi connectivity index (χ4v) is 1.72. The summed E-state index contributed by atoms with van der Waals surface area (Å²) in [7, 11) is 0. The van der Waals surface area contributed by atoms with Gasteiger partial charge in [-0.2, -0.15) is 13.2 Å². The lowest BCUT2D eigenvalue weighted by atomic mass is 10.3. The van der Waals surface area contributed by atoms with Gasteiger partial charge in [-0.25, -0.2) is 4.79 Å². The Hall–Kier alpha value is -0.820. The van der Waals surface area contributed by atoms with E-state index in [2.05, 4.69) is 4.74 Å². The molecule has 0 aliphatic carbocycles. The van der Waals surface area contributed by atoms with Crippen LogP contribution in [0.1, 0.15) is 13.3 Å². The van der Waals surface area contributed by atoms with Gasteiger partial charge in [-0.15, -0.1) is 0 Å². The Bertz CT molecular complexity index is 258. The number of rotatable bonds is 5. The standard InChI is InChI=1S/C10H16F3NO3/c1-2-16-9(15)6-17-8-3-4-14(5-8)7-10(11,12)13/h8H,2-7H2,1H3. The summed E-state index contributed by atoms with van der Waals surface area (Å²) in [5, 5.41) is 0. The van der Waals surface area contributed by atoms with E-state index in [9.17, 15) is 18.0 Å². The number of hydrogen-bond acceptors (Lipinski definition) is 4. The molecule has 17 heavy (non-hydrogen) atoms. The molecule has 1 heterocycles. The Morgan fingerprint density at radius 2 is 2.18 bits per heavy atom. The first-order valence-corrected chi connectivity index (χ1v) is 5.47. The molecule has 0 bridgehead atoms. The molecule has 1 unspecified atom stereocenters. The van der Waals surface area contributed by atoms with E-state index in [1.54, 1.807) is 6.92 Å². The van der Waals surface area contributed by atoms with Gasteiger partial charge in [0.1, 0.15) is 6.61 Å². The van der Waals surface area contributed by atoms with Gasteiger partial charge in [0.25, 0.3) is 0 Å². The van der Waals surface area contributed by atoms with Crippen LogP contribution in [-0.4, -0.2) is 56.0 Å². The van der Waals surface area contributed by atoms with Gasteiger partial charge < -0.3 is 9.47 Å². The van der Waals surface area contributed by atoms with Gasteiger partial charge >= 0.3 is 12.1 Å². The normalized spacial score (nSPS) is 21.8. The van der Waals surface area contributed by atoms with Gasteiger partial charge in [-0.1, -0.05) is 0 Å². The average Bonchev–Trinajstić information content (AvgIpc) is 2.60. The van der Waals surface area contributed by atoms with Crippen molar-refractivity contribution < 1.29 is 27.4 Å². The molecule has 1 rings (SSSR count). The predicted octanol–water partition coefficient (Wildman–Crippen LogP) is 1.20. The van der Waals surface area contributed by atoms with Gasteiger partial charge in [0, 0.05) is 13.1 Å². The Kier molecular flexibility index (Phi) is 5.20. The number of alkyl halides is 3. The van der Waals surface area contributed by atoms with Crippen LogP contribution in [0, 0.1) is 0 Å². The van der Waals surface area contributed by atoms with Gasteiger partial charge in [0.15, 0.2) is 0 Å². The third-order valence-electron chi connectivity index (χ3n) is 2.37. The number of halogens is 3. The van der Waals surface area contributed by atoms with Crippen molar-refractivity contribution in [2.24, 2.45) is 0 Å². The lowest BCUT2D eigenvalue weighted by Crippen LogP contribution is -2.33. The van der Waals surface area contributed by atoms with E-state index in [4.69, 9.17) is 4.74 Å². The molecule has 0 spiro atoms. The fraction of sp³-hybridized carbons (Fsp3) is 0.900. The summed E-state index contributed by atoms with van der Waals surface area (Å²) in [5.74, 6) is -0.484. The molecule has 0 saturated carbocycles. The Morgan fingerprint density at radius 3 is 2.76 bits per heavy atom. The highest BCUT2D eigenvalue weighted by molar-refractivity contribution is 5.70. The van der Waals surface area contributed by atoms with Crippen LogP contribution in [0.3, 0.4) is 0 Å². The maximum absolute atomic E-state index is 12.1. The molecule has 4 nitrogen and oxygen atoms in total. The monoisotopic (exact) mass is 255 g/mol. The SMILES string of the molecule is CCOC(=O)COC1CCN(CC(F)(F)F)C1. The van der Waals surface area contributed by atoms with E-state index >= 15 is 0 Å². The zero-order chi connectivity index (χ0) is 12.9. The van der Waals surface area contributed by atoms with Crippen LogP contribution in [0.4, 0.5) is 13.2 Å². The second kappa shape index (κ2) is 6.20. The number of hydrogen-bond donors (Lipinski definition) is 0. The van der Waals surface area contributed by atoms with Gasteiger partial charge in [-0.3, -0.25) is 4.90 Å². The molecule has 1 aliphatic rings. The quantitative estimate of drug-likeness (QED) is 0.692. The number of ether oxygens (including phenoxy) is 2. The topological polar surface area (TPSA) is 38.8 Å². The highest BCUT2D eigenvalue weighted by Gasteiger charge is 2.34. The molecule has 1 atom stereocenters. The minimum atomic E-state index is -4.18. The molecular formula is C10H16F3NO3. The Balaban J connectivity index is 2.20. The lowest BCUT2D eigenvalue weighted by molar-refractivity contribution is -0.152. The first kappa shape index (κ1) is 14.2. The molecular weight excluding hydrogens is 239 g/mol. The van der Waals surface area contributed by atoms with Crippen molar-refractivity contribution in [3.05, 3.63) is 0 Å². The molecule has 0 amide bonds. The van der Waals surface area contributed by atoms with Gasteiger partial charge in [-0.05, 0) is 13.3 Å². The summed E-state index contributed by atoms with van der Waals surface area (Å²) in [4.78, 5) is 12.2. The second-order valence-corrected chi connectivity index (χ2v) is 3.88. The minimum Gasteiger partial charge on any atom is -0.464 e. The zero-order valence-corrected chi connectivity index (χ0v) is 9.63. The summed E-state index contributed by atoms with van der Waals surface area (Å²) < 4.78 is 46.1. The fourth-order valence-electron chi connectivity index (χ4n) is 1.72. The smallest absolute Gasteiger partial charge is 0.401 e. The van der Waals surface area contributed by atoms with Crippen LogP contribution in [-0.2, 0) is 14.3 Å². The maximum Gasteiger partial charge on any atom is 0.401 e. The van der Waals surface area contributed by atoms with Crippen molar-refractivity contribution >= 4 is 5.97 Å². The highest BCUT2D eigenvalue weighted by atomic mass is 19.4. The average molecular weight is 255 g/mol. The summed E-state index contributed by atoms with van der Waals surface area (Å²) in [6.07, 6.45) is -3.99. The Labute approximate surface area is 97.7 Å². The number of nitrogens with zero attached hydrogens (tertiary/aromatic N) is 1. The Morgan fingerprint density at radius 1 is 1.47 bits per heavy atom. The molecule has 100 valence electrons. The molecule has 0 aromatic rings. The largest absolute Gasteiger partial charge is 0.464 e. The summed E-state index contributed by atoms with van der Waals surface area (Å²) in [6.45, 7) is 1.38. The number of esters is 1. The van der Waals surface area contributed by atoms with Crippen molar-refractivity contribution in [2.45, 2.75) is 25.6 Å². The van der Waals surface area contributed by atoms with E-state index < -0.39 is 18.7 Å². The molecule has 0 radical (unpaired) electrons. The third kappa shape index (κ3) is 5.88. The molecule has 0 aromatic carbocycles. The number of carbonyl (C=O) groups is 1. The molecule has 0 aromatic heterocycles. The summed E-state index contributed by atoms with van der Waals surface area (Å²) >= 11 is 0. The maximum atomic E-state index is 12.1.